The zero-order chi connectivity index (χ0) is 12.3. The molecule has 4 nitrogen and oxygen atoms in total. The number of nitrogens with zero attached hydrogens (tertiary/aromatic N) is 1. The molecule has 0 aromatic heterocycles. The van der Waals surface area contributed by atoms with Crippen LogP contribution in [0.4, 0.5) is 0 Å². The Morgan fingerprint density at radius 2 is 2.29 bits per heavy atom. The highest BCUT2D eigenvalue weighted by Crippen LogP contribution is 2.21. The Labute approximate surface area is 103 Å². The van der Waals surface area contributed by atoms with Gasteiger partial charge in [-0.1, -0.05) is 13.3 Å². The predicted octanol–water partition coefficient (Wildman–Crippen LogP) is 1.14. The number of piperidine rings is 1. The maximum absolute atomic E-state index is 12.1. The molecule has 2 N–H and O–H groups in total. The van der Waals surface area contributed by atoms with Gasteiger partial charge in [0, 0.05) is 25.7 Å². The molecule has 17 heavy (non-hydrogen) atoms. The molecule has 3 atom stereocenters. The van der Waals surface area contributed by atoms with E-state index in [0.29, 0.717) is 12.3 Å². The van der Waals surface area contributed by atoms with Crippen LogP contribution in [0.3, 0.4) is 0 Å². The number of amides is 1. The molecule has 98 valence electrons. The van der Waals surface area contributed by atoms with E-state index in [4.69, 9.17) is 10.5 Å². The lowest BCUT2D eigenvalue weighted by atomic mass is 9.90. The van der Waals surface area contributed by atoms with Crippen LogP contribution < -0.4 is 5.73 Å². The van der Waals surface area contributed by atoms with Crippen LogP contribution in [-0.2, 0) is 9.53 Å². The topological polar surface area (TPSA) is 55.6 Å². The van der Waals surface area contributed by atoms with E-state index < -0.39 is 0 Å². The van der Waals surface area contributed by atoms with Crippen molar-refractivity contribution in [3.63, 3.8) is 0 Å². The summed E-state index contributed by atoms with van der Waals surface area (Å²) < 4.78 is 5.52. The molecular formula is C13H24N2O2. The van der Waals surface area contributed by atoms with Crippen LogP contribution >= 0.6 is 0 Å². The highest BCUT2D eigenvalue weighted by molar-refractivity contribution is 5.76. The van der Waals surface area contributed by atoms with Crippen molar-refractivity contribution in [2.75, 3.05) is 19.7 Å². The number of hydrogen-bond acceptors (Lipinski definition) is 3. The molecule has 0 aromatic carbocycles. The van der Waals surface area contributed by atoms with Gasteiger partial charge < -0.3 is 15.4 Å². The number of ether oxygens (including phenoxy) is 1. The standard InChI is InChI=1S/C13H24N2O2/c1-2-10-9-15(6-5-12(10)14)13(16)8-11-4-3-7-17-11/h10-12H,2-9,14H2,1H3. The fraction of sp³-hybridized carbons (Fsp3) is 0.923. The second-order valence-corrected chi connectivity index (χ2v) is 5.30. The summed E-state index contributed by atoms with van der Waals surface area (Å²) in [5, 5.41) is 0. The second kappa shape index (κ2) is 5.83. The maximum atomic E-state index is 12.1. The lowest BCUT2D eigenvalue weighted by Crippen LogP contribution is -2.49. The quantitative estimate of drug-likeness (QED) is 0.805. The van der Waals surface area contributed by atoms with Crippen molar-refractivity contribution in [2.24, 2.45) is 11.7 Å². The molecule has 0 bridgehead atoms. The number of carbonyl (C=O) groups excluding carboxylic acids is 1. The Morgan fingerprint density at radius 1 is 1.47 bits per heavy atom. The largest absolute Gasteiger partial charge is 0.378 e. The zero-order valence-corrected chi connectivity index (χ0v) is 10.7. The Hall–Kier alpha value is -0.610. The number of rotatable bonds is 3. The van der Waals surface area contributed by atoms with E-state index in [-0.39, 0.29) is 18.1 Å². The van der Waals surface area contributed by atoms with Crippen LogP contribution in [0, 0.1) is 5.92 Å². The molecule has 2 aliphatic heterocycles. The van der Waals surface area contributed by atoms with Crippen molar-refractivity contribution < 1.29 is 9.53 Å². The minimum atomic E-state index is 0.165. The third kappa shape index (κ3) is 3.19. The third-order valence-electron chi connectivity index (χ3n) is 4.10. The normalized spacial score (nSPS) is 34.0. The first-order chi connectivity index (χ1) is 8.20. The van der Waals surface area contributed by atoms with E-state index in [0.717, 1.165) is 45.4 Å². The first-order valence-corrected chi connectivity index (χ1v) is 6.85. The van der Waals surface area contributed by atoms with E-state index in [9.17, 15) is 4.79 Å². The molecule has 2 heterocycles. The van der Waals surface area contributed by atoms with E-state index in [1.54, 1.807) is 0 Å². The molecule has 1 amide bonds. The minimum Gasteiger partial charge on any atom is -0.378 e. The number of likely N-dealkylation sites (tertiary alicyclic amines) is 1. The molecule has 4 heteroatoms. The summed E-state index contributed by atoms with van der Waals surface area (Å²) in [6.07, 6.45) is 4.86. The molecular weight excluding hydrogens is 216 g/mol. The first-order valence-electron chi connectivity index (χ1n) is 6.85. The third-order valence-corrected chi connectivity index (χ3v) is 4.10. The van der Waals surface area contributed by atoms with Gasteiger partial charge in [0.15, 0.2) is 0 Å². The van der Waals surface area contributed by atoms with E-state index in [1.165, 1.54) is 0 Å². The van der Waals surface area contributed by atoms with E-state index in [2.05, 4.69) is 6.92 Å². The number of carbonyl (C=O) groups is 1. The highest BCUT2D eigenvalue weighted by Gasteiger charge is 2.29. The molecule has 3 unspecified atom stereocenters. The molecule has 2 aliphatic rings. The molecule has 0 spiro atoms. The smallest absolute Gasteiger partial charge is 0.225 e. The van der Waals surface area contributed by atoms with Crippen LogP contribution in [0.5, 0.6) is 0 Å². The van der Waals surface area contributed by atoms with Gasteiger partial charge in [0.05, 0.1) is 12.5 Å². The average molecular weight is 240 g/mol. The van der Waals surface area contributed by atoms with E-state index >= 15 is 0 Å². The molecule has 0 aromatic rings. The molecule has 0 aliphatic carbocycles. The monoisotopic (exact) mass is 240 g/mol. The summed E-state index contributed by atoms with van der Waals surface area (Å²) in [7, 11) is 0. The van der Waals surface area contributed by atoms with Crippen LogP contribution in [0.25, 0.3) is 0 Å². The highest BCUT2D eigenvalue weighted by atomic mass is 16.5. The summed E-state index contributed by atoms with van der Waals surface area (Å²) in [5.41, 5.74) is 6.05. The van der Waals surface area contributed by atoms with Crippen molar-refractivity contribution in [3.8, 4) is 0 Å². The number of hydrogen-bond donors (Lipinski definition) is 1. The fourth-order valence-electron chi connectivity index (χ4n) is 2.84. The Bertz CT molecular complexity index is 264. The maximum Gasteiger partial charge on any atom is 0.225 e. The summed E-state index contributed by atoms with van der Waals surface area (Å²) in [6, 6.07) is 0.270. The zero-order valence-electron chi connectivity index (χ0n) is 10.7. The Kier molecular flexibility index (Phi) is 4.40. The summed E-state index contributed by atoms with van der Waals surface area (Å²) in [6.45, 7) is 4.63. The summed E-state index contributed by atoms with van der Waals surface area (Å²) >= 11 is 0. The van der Waals surface area contributed by atoms with Gasteiger partial charge in [0.1, 0.15) is 0 Å². The molecule has 0 radical (unpaired) electrons. The SMILES string of the molecule is CCC1CN(C(=O)CC2CCCO2)CCC1N. The van der Waals surface area contributed by atoms with Crippen LogP contribution in [0.15, 0.2) is 0 Å². The van der Waals surface area contributed by atoms with Gasteiger partial charge in [0.25, 0.3) is 0 Å². The van der Waals surface area contributed by atoms with E-state index in [1.807, 2.05) is 4.90 Å². The van der Waals surface area contributed by atoms with Gasteiger partial charge in [-0.25, -0.2) is 0 Å². The van der Waals surface area contributed by atoms with Gasteiger partial charge >= 0.3 is 0 Å². The van der Waals surface area contributed by atoms with Gasteiger partial charge in [-0.2, -0.15) is 0 Å². The van der Waals surface area contributed by atoms with Crippen molar-refractivity contribution in [1.29, 1.82) is 0 Å². The lowest BCUT2D eigenvalue weighted by molar-refractivity contribution is -0.135. The van der Waals surface area contributed by atoms with Crippen LogP contribution in [0.2, 0.25) is 0 Å². The summed E-state index contributed by atoms with van der Waals surface area (Å²) in [4.78, 5) is 14.1. The molecule has 2 saturated heterocycles. The van der Waals surface area contributed by atoms with Gasteiger partial charge in [-0.05, 0) is 25.2 Å². The fourth-order valence-corrected chi connectivity index (χ4v) is 2.84. The molecule has 2 rings (SSSR count). The summed E-state index contributed by atoms with van der Waals surface area (Å²) in [5.74, 6) is 0.722. The van der Waals surface area contributed by atoms with Gasteiger partial charge in [0.2, 0.25) is 5.91 Å². The number of nitrogens with two attached hydrogens (primary N) is 1. The Morgan fingerprint density at radius 3 is 2.94 bits per heavy atom. The molecule has 0 saturated carbocycles. The van der Waals surface area contributed by atoms with Crippen molar-refractivity contribution in [1.82, 2.24) is 4.90 Å². The average Bonchev–Trinajstić information content (AvgIpc) is 2.82. The van der Waals surface area contributed by atoms with Gasteiger partial charge in [-0.15, -0.1) is 0 Å². The van der Waals surface area contributed by atoms with Crippen molar-refractivity contribution in [3.05, 3.63) is 0 Å². The van der Waals surface area contributed by atoms with Crippen molar-refractivity contribution in [2.45, 2.75) is 51.2 Å². The Balaban J connectivity index is 1.82. The van der Waals surface area contributed by atoms with Gasteiger partial charge in [-0.3, -0.25) is 4.79 Å². The van der Waals surface area contributed by atoms with Crippen LogP contribution in [-0.4, -0.2) is 42.6 Å². The predicted molar refractivity (Wildman–Crippen MR) is 66.5 cm³/mol. The van der Waals surface area contributed by atoms with Crippen LogP contribution in [0.1, 0.15) is 39.0 Å². The first kappa shape index (κ1) is 12.8. The minimum absolute atomic E-state index is 0.165. The second-order valence-electron chi connectivity index (χ2n) is 5.30. The van der Waals surface area contributed by atoms with Crippen molar-refractivity contribution >= 4 is 5.91 Å². The molecule has 2 fully saturated rings. The lowest BCUT2D eigenvalue weighted by Gasteiger charge is -2.36.